The Morgan fingerprint density at radius 2 is 1.94 bits per heavy atom. The molecule has 0 radical (unpaired) electrons. The average molecular weight is 441 g/mol. The predicted octanol–water partition coefficient (Wildman–Crippen LogP) is 5.27. The van der Waals surface area contributed by atoms with Crippen LogP contribution in [0.2, 0.25) is 0 Å². The van der Waals surface area contributed by atoms with Gasteiger partial charge in [0.05, 0.1) is 0 Å². The molecule has 7 heteroatoms. The van der Waals surface area contributed by atoms with Gasteiger partial charge in [0.1, 0.15) is 29.6 Å². The molecule has 1 aromatic heterocycles. The van der Waals surface area contributed by atoms with Crippen molar-refractivity contribution in [2.75, 3.05) is 6.61 Å². The molecule has 0 saturated heterocycles. The van der Waals surface area contributed by atoms with E-state index in [1.54, 1.807) is 26.0 Å². The molecule has 6 nitrogen and oxygen atoms in total. The molecular weight excluding hydrogens is 413 g/mol. The van der Waals surface area contributed by atoms with Gasteiger partial charge >= 0.3 is 5.97 Å². The number of aromatic nitrogens is 1. The molecule has 1 heterocycles. The lowest BCUT2D eigenvalue weighted by Crippen LogP contribution is -2.26. The summed E-state index contributed by atoms with van der Waals surface area (Å²) in [4.78, 5) is 15.9. The van der Waals surface area contributed by atoms with Crippen LogP contribution in [0.1, 0.15) is 42.0 Å². The van der Waals surface area contributed by atoms with Crippen molar-refractivity contribution in [3.63, 3.8) is 0 Å². The van der Waals surface area contributed by atoms with Gasteiger partial charge in [0, 0.05) is 18.6 Å². The van der Waals surface area contributed by atoms with Gasteiger partial charge in [-0.1, -0.05) is 13.0 Å². The molecule has 170 valence electrons. The Hall–Kier alpha value is -3.19. The topological polar surface area (TPSA) is 81.8 Å². The average Bonchev–Trinajstić information content (AvgIpc) is 3.14. The van der Waals surface area contributed by atoms with Crippen LogP contribution in [0.25, 0.3) is 11.5 Å². The van der Waals surface area contributed by atoms with Gasteiger partial charge in [-0.25, -0.2) is 14.2 Å². The number of benzene rings is 2. The Kier molecular flexibility index (Phi) is 7.64. The molecule has 0 spiro atoms. The Labute approximate surface area is 187 Å². The van der Waals surface area contributed by atoms with Crippen molar-refractivity contribution in [2.24, 2.45) is 0 Å². The quantitative estimate of drug-likeness (QED) is 0.462. The highest BCUT2D eigenvalue weighted by Gasteiger charge is 2.20. The number of halogens is 1. The minimum absolute atomic E-state index is 0.217. The van der Waals surface area contributed by atoms with E-state index in [9.17, 15) is 14.3 Å². The number of ether oxygens (including phenoxy) is 2. The van der Waals surface area contributed by atoms with Crippen LogP contribution < -0.4 is 4.74 Å². The van der Waals surface area contributed by atoms with Gasteiger partial charge in [0.2, 0.25) is 5.89 Å². The second-order valence-electron chi connectivity index (χ2n) is 7.54. The van der Waals surface area contributed by atoms with Crippen molar-refractivity contribution in [3.05, 3.63) is 70.4 Å². The zero-order valence-electron chi connectivity index (χ0n) is 18.8. The lowest BCUT2D eigenvalue weighted by atomic mass is 9.99. The first-order valence-corrected chi connectivity index (χ1v) is 10.6. The molecule has 1 atom stereocenters. The molecule has 1 N–H and O–H groups in total. The first-order chi connectivity index (χ1) is 15.3. The number of oxazole rings is 1. The van der Waals surface area contributed by atoms with Crippen LogP contribution in [0.3, 0.4) is 0 Å². The number of hydrogen-bond acceptors (Lipinski definition) is 5. The second kappa shape index (κ2) is 10.4. The van der Waals surface area contributed by atoms with E-state index in [2.05, 4.69) is 4.98 Å². The van der Waals surface area contributed by atoms with E-state index >= 15 is 0 Å². The molecule has 0 amide bonds. The fourth-order valence-corrected chi connectivity index (χ4v) is 3.45. The molecule has 0 aliphatic heterocycles. The van der Waals surface area contributed by atoms with E-state index < -0.39 is 12.1 Å². The molecule has 0 unspecified atom stereocenters. The Balaban J connectivity index is 1.72. The first kappa shape index (κ1) is 23.5. The molecule has 3 aromatic rings. The van der Waals surface area contributed by atoms with E-state index in [1.807, 2.05) is 32.0 Å². The maximum Gasteiger partial charge on any atom is 0.333 e. The summed E-state index contributed by atoms with van der Waals surface area (Å²) in [5.41, 5.74) is 3.82. The lowest BCUT2D eigenvalue weighted by Gasteiger charge is -2.16. The summed E-state index contributed by atoms with van der Waals surface area (Å²) in [5.74, 6) is 0.477. The second-order valence-corrected chi connectivity index (χ2v) is 7.54. The molecule has 0 bridgehead atoms. The number of carboxylic acid groups (broad SMARTS) is 1. The van der Waals surface area contributed by atoms with Gasteiger partial charge in [-0.05, 0) is 74.2 Å². The summed E-state index contributed by atoms with van der Waals surface area (Å²) >= 11 is 0. The minimum atomic E-state index is -0.970. The molecule has 3 rings (SSSR count). The van der Waals surface area contributed by atoms with Crippen LogP contribution in [0, 0.1) is 19.7 Å². The number of rotatable bonds is 10. The third kappa shape index (κ3) is 5.53. The molecule has 0 aliphatic carbocycles. The fraction of sp³-hybridized carbons (Fsp3) is 0.360. The first-order valence-electron chi connectivity index (χ1n) is 10.6. The van der Waals surface area contributed by atoms with Crippen LogP contribution in [0.15, 0.2) is 40.8 Å². The van der Waals surface area contributed by atoms with Crippen molar-refractivity contribution >= 4 is 5.97 Å². The fourth-order valence-electron chi connectivity index (χ4n) is 3.45. The van der Waals surface area contributed by atoms with E-state index in [4.69, 9.17) is 13.9 Å². The third-order valence-electron chi connectivity index (χ3n) is 5.28. The number of aliphatic carboxylic acids is 1. The molecule has 32 heavy (non-hydrogen) atoms. The van der Waals surface area contributed by atoms with Crippen LogP contribution in [-0.4, -0.2) is 28.8 Å². The lowest BCUT2D eigenvalue weighted by molar-refractivity contribution is -0.149. The summed E-state index contributed by atoms with van der Waals surface area (Å²) in [6.45, 7) is 7.86. The monoisotopic (exact) mass is 441 g/mol. The number of aryl methyl sites for hydroxylation is 3. The van der Waals surface area contributed by atoms with E-state index in [0.29, 0.717) is 47.2 Å². The molecule has 0 aliphatic rings. The Bertz CT molecular complexity index is 1090. The van der Waals surface area contributed by atoms with Gasteiger partial charge in [-0.2, -0.15) is 0 Å². The van der Waals surface area contributed by atoms with Crippen LogP contribution >= 0.6 is 0 Å². The summed E-state index contributed by atoms with van der Waals surface area (Å²) in [6.07, 6.45) is 0.167. The highest BCUT2D eigenvalue weighted by atomic mass is 19.1. The minimum Gasteiger partial charge on any atom is -0.487 e. The van der Waals surface area contributed by atoms with Crippen LogP contribution in [0.5, 0.6) is 5.75 Å². The highest BCUT2D eigenvalue weighted by molar-refractivity contribution is 5.72. The van der Waals surface area contributed by atoms with E-state index in [1.165, 1.54) is 6.07 Å². The predicted molar refractivity (Wildman–Crippen MR) is 118 cm³/mol. The van der Waals surface area contributed by atoms with Crippen molar-refractivity contribution in [2.45, 2.75) is 53.2 Å². The summed E-state index contributed by atoms with van der Waals surface area (Å²) in [5, 5.41) is 9.35. The smallest absolute Gasteiger partial charge is 0.333 e. The van der Waals surface area contributed by atoms with Crippen molar-refractivity contribution < 1.29 is 28.2 Å². The Morgan fingerprint density at radius 3 is 2.59 bits per heavy atom. The summed E-state index contributed by atoms with van der Waals surface area (Å²) < 4.78 is 30.6. The summed E-state index contributed by atoms with van der Waals surface area (Å²) in [6, 6.07) is 10.3. The standard InChI is InChI=1S/C25H28FNO5/c1-5-17-12-20(9-7-18(17)13-23(25(28)29)30-6-2)31-14-22-16(4)32-24(27-22)19-8-10-21(26)15(3)11-19/h7-12,23H,5-6,13-14H2,1-4H3,(H,28,29)/t23-/m0/s1. The van der Waals surface area contributed by atoms with Gasteiger partial charge in [-0.3, -0.25) is 0 Å². The van der Waals surface area contributed by atoms with Crippen molar-refractivity contribution in [1.82, 2.24) is 4.98 Å². The SMILES string of the molecule is CCO[C@@H](Cc1ccc(OCc2nc(-c3ccc(F)c(C)c3)oc2C)cc1CC)C(=O)O. The summed E-state index contributed by atoms with van der Waals surface area (Å²) in [7, 11) is 0. The van der Waals surface area contributed by atoms with Crippen molar-refractivity contribution in [3.8, 4) is 17.2 Å². The maximum atomic E-state index is 13.5. The van der Waals surface area contributed by atoms with E-state index in [0.717, 1.165) is 17.5 Å². The van der Waals surface area contributed by atoms with Crippen molar-refractivity contribution in [1.29, 1.82) is 0 Å². The van der Waals surface area contributed by atoms with Crippen LogP contribution in [-0.2, 0) is 29.0 Å². The van der Waals surface area contributed by atoms with Crippen LogP contribution in [0.4, 0.5) is 4.39 Å². The zero-order valence-corrected chi connectivity index (χ0v) is 18.8. The Morgan fingerprint density at radius 1 is 1.16 bits per heavy atom. The third-order valence-corrected chi connectivity index (χ3v) is 5.28. The number of nitrogens with zero attached hydrogens (tertiary/aromatic N) is 1. The zero-order chi connectivity index (χ0) is 23.3. The maximum absolute atomic E-state index is 13.5. The van der Waals surface area contributed by atoms with Gasteiger partial charge in [0.25, 0.3) is 0 Å². The van der Waals surface area contributed by atoms with Gasteiger partial charge in [0.15, 0.2) is 6.10 Å². The number of carbonyl (C=O) groups is 1. The van der Waals surface area contributed by atoms with Gasteiger partial charge < -0.3 is 19.0 Å². The largest absolute Gasteiger partial charge is 0.487 e. The molecule has 0 fully saturated rings. The molecule has 2 aromatic carbocycles. The number of carboxylic acids is 1. The van der Waals surface area contributed by atoms with Gasteiger partial charge in [-0.15, -0.1) is 0 Å². The highest BCUT2D eigenvalue weighted by Crippen LogP contribution is 2.26. The molecular formula is C25H28FNO5. The van der Waals surface area contributed by atoms with E-state index in [-0.39, 0.29) is 12.4 Å². The molecule has 0 saturated carbocycles. The number of hydrogen-bond donors (Lipinski definition) is 1. The normalized spacial score (nSPS) is 12.0.